The van der Waals surface area contributed by atoms with E-state index < -0.39 is 12.2 Å². The highest BCUT2D eigenvalue weighted by Gasteiger charge is 2.23. The Labute approximate surface area is 204 Å². The molecule has 1 heterocycles. The molecule has 0 aliphatic heterocycles. The molecule has 2 atom stereocenters. The third kappa shape index (κ3) is 6.48. The molecule has 1 aromatic heterocycles. The van der Waals surface area contributed by atoms with E-state index in [1.807, 2.05) is 48.5 Å². The van der Waals surface area contributed by atoms with Crippen LogP contribution in [0.15, 0.2) is 48.5 Å². The second kappa shape index (κ2) is 11.7. The lowest BCUT2D eigenvalue weighted by atomic mass is 9.78. The number of aryl methyl sites for hydroxylation is 1. The summed E-state index contributed by atoms with van der Waals surface area (Å²) in [4.78, 5) is 0. The molecule has 0 amide bonds. The third-order valence-electron chi connectivity index (χ3n) is 5.78. The monoisotopic (exact) mass is 489 g/mol. The molecule has 0 spiro atoms. The normalized spacial score (nSPS) is 13.5. The number of nitrogens with zero attached hydrogens (tertiary/aromatic N) is 3. The van der Waals surface area contributed by atoms with Gasteiger partial charge in [-0.3, -0.25) is 0 Å². The van der Waals surface area contributed by atoms with Crippen LogP contribution in [-0.2, 0) is 18.6 Å². The van der Waals surface area contributed by atoms with E-state index in [4.69, 9.17) is 21.1 Å². The molecule has 2 aromatic carbocycles. The van der Waals surface area contributed by atoms with Gasteiger partial charge in [-0.05, 0) is 42.3 Å². The average Bonchev–Trinajstić information content (AvgIpc) is 3.20. The highest BCUT2D eigenvalue weighted by molar-refractivity contribution is 6.18. The number of ether oxygens (including phenoxy) is 2. The Balaban J connectivity index is 1.57. The lowest BCUT2D eigenvalue weighted by Crippen LogP contribution is -2.25. The predicted molar refractivity (Wildman–Crippen MR) is 129 cm³/mol. The SMILES string of the molecule is Cc1nnn(C[C@@H](O)COc2ccc(C(C)(C)c3ccc(OC[C@H](O)CCl)cc3)cc2)c1CO. The van der Waals surface area contributed by atoms with Gasteiger partial charge in [0.15, 0.2) is 0 Å². The number of aliphatic hydroxyl groups excluding tert-OH is 3. The van der Waals surface area contributed by atoms with Crippen LogP contribution in [0.25, 0.3) is 0 Å². The zero-order valence-corrected chi connectivity index (χ0v) is 20.4. The molecule has 34 heavy (non-hydrogen) atoms. The smallest absolute Gasteiger partial charge is 0.119 e. The summed E-state index contributed by atoms with van der Waals surface area (Å²) >= 11 is 5.60. The third-order valence-corrected chi connectivity index (χ3v) is 6.14. The van der Waals surface area contributed by atoms with Crippen molar-refractivity contribution in [1.82, 2.24) is 15.0 Å². The summed E-state index contributed by atoms with van der Waals surface area (Å²) in [5.74, 6) is 1.46. The number of alkyl halides is 1. The summed E-state index contributed by atoms with van der Waals surface area (Å²) in [5.41, 5.74) is 3.19. The molecule has 0 bridgehead atoms. The van der Waals surface area contributed by atoms with E-state index in [0.29, 0.717) is 22.9 Å². The molecule has 0 saturated carbocycles. The molecule has 9 heteroatoms. The summed E-state index contributed by atoms with van der Waals surface area (Å²) in [6.07, 6.45) is -1.49. The molecule has 0 radical (unpaired) electrons. The zero-order chi connectivity index (χ0) is 24.7. The van der Waals surface area contributed by atoms with Crippen molar-refractivity contribution >= 4 is 11.6 Å². The van der Waals surface area contributed by atoms with Gasteiger partial charge in [0.2, 0.25) is 0 Å². The molecule has 3 aromatic rings. The lowest BCUT2D eigenvalue weighted by molar-refractivity contribution is 0.0866. The van der Waals surface area contributed by atoms with Gasteiger partial charge in [0.25, 0.3) is 0 Å². The quantitative estimate of drug-likeness (QED) is 0.335. The van der Waals surface area contributed by atoms with Crippen molar-refractivity contribution in [2.45, 2.75) is 51.5 Å². The van der Waals surface area contributed by atoms with E-state index in [1.54, 1.807) is 6.92 Å². The number of rotatable bonds is 12. The fourth-order valence-electron chi connectivity index (χ4n) is 3.55. The molecule has 0 fully saturated rings. The Morgan fingerprint density at radius 3 is 1.88 bits per heavy atom. The molecule has 3 N–H and O–H groups in total. The Hall–Kier alpha value is -2.65. The Morgan fingerprint density at radius 2 is 1.41 bits per heavy atom. The van der Waals surface area contributed by atoms with Crippen molar-refractivity contribution in [2.75, 3.05) is 19.1 Å². The van der Waals surface area contributed by atoms with Crippen LogP contribution in [0, 0.1) is 6.92 Å². The van der Waals surface area contributed by atoms with E-state index in [-0.39, 0.29) is 37.7 Å². The first kappa shape index (κ1) is 26.0. The van der Waals surface area contributed by atoms with E-state index >= 15 is 0 Å². The minimum Gasteiger partial charge on any atom is -0.491 e. The van der Waals surface area contributed by atoms with Crippen molar-refractivity contribution in [3.63, 3.8) is 0 Å². The van der Waals surface area contributed by atoms with Gasteiger partial charge in [0.05, 0.1) is 30.4 Å². The molecule has 0 aliphatic rings. The fourth-order valence-corrected chi connectivity index (χ4v) is 3.64. The van der Waals surface area contributed by atoms with E-state index in [9.17, 15) is 15.3 Å². The minimum absolute atomic E-state index is 0.0897. The van der Waals surface area contributed by atoms with Crippen LogP contribution in [0.5, 0.6) is 11.5 Å². The van der Waals surface area contributed by atoms with Crippen LogP contribution in [0.3, 0.4) is 0 Å². The van der Waals surface area contributed by atoms with Crippen LogP contribution in [-0.4, -0.2) is 61.6 Å². The van der Waals surface area contributed by atoms with E-state index in [0.717, 1.165) is 11.1 Å². The summed E-state index contributed by atoms with van der Waals surface area (Å²) in [7, 11) is 0. The minimum atomic E-state index is -0.797. The van der Waals surface area contributed by atoms with Crippen LogP contribution in [0.1, 0.15) is 36.4 Å². The Morgan fingerprint density at radius 1 is 0.912 bits per heavy atom. The first-order chi connectivity index (χ1) is 16.2. The molecule has 8 nitrogen and oxygen atoms in total. The average molecular weight is 490 g/mol. The number of aromatic nitrogens is 3. The van der Waals surface area contributed by atoms with Gasteiger partial charge in [0, 0.05) is 5.41 Å². The molecule has 0 aliphatic carbocycles. The first-order valence-corrected chi connectivity index (χ1v) is 11.7. The van der Waals surface area contributed by atoms with Crippen molar-refractivity contribution < 1.29 is 24.8 Å². The van der Waals surface area contributed by atoms with Crippen LogP contribution in [0.2, 0.25) is 0 Å². The standard InChI is InChI=1S/C25H32ClN3O5/c1-17-24(14-30)29(28-27-17)13-21(32)16-34-23-10-6-19(7-11-23)25(2,3)18-4-8-22(9-5-18)33-15-20(31)12-26/h4-11,20-21,30-32H,12-16H2,1-3H3/t20-,21-/m1/s1. The maximum absolute atomic E-state index is 10.3. The summed E-state index contributed by atoms with van der Waals surface area (Å²) in [6, 6.07) is 15.6. The topological polar surface area (TPSA) is 110 Å². The fraction of sp³-hybridized carbons (Fsp3) is 0.440. The van der Waals surface area contributed by atoms with Gasteiger partial charge >= 0.3 is 0 Å². The molecule has 3 rings (SSSR count). The molecule has 0 saturated heterocycles. The lowest BCUT2D eigenvalue weighted by Gasteiger charge is -2.26. The van der Waals surface area contributed by atoms with Crippen molar-refractivity contribution in [3.05, 3.63) is 71.0 Å². The van der Waals surface area contributed by atoms with Gasteiger partial charge in [-0.25, -0.2) is 4.68 Å². The summed E-state index contributed by atoms with van der Waals surface area (Å²) in [6.45, 7) is 6.29. The maximum atomic E-state index is 10.3. The van der Waals surface area contributed by atoms with Crippen molar-refractivity contribution in [3.8, 4) is 11.5 Å². The first-order valence-electron chi connectivity index (χ1n) is 11.1. The second-order valence-electron chi connectivity index (χ2n) is 8.72. The highest BCUT2D eigenvalue weighted by Crippen LogP contribution is 2.33. The molecular formula is C25H32ClN3O5. The Bertz CT molecular complexity index is 1040. The van der Waals surface area contributed by atoms with Crippen LogP contribution < -0.4 is 9.47 Å². The Kier molecular flexibility index (Phi) is 8.90. The maximum Gasteiger partial charge on any atom is 0.119 e. The van der Waals surface area contributed by atoms with Crippen LogP contribution >= 0.6 is 11.6 Å². The second-order valence-corrected chi connectivity index (χ2v) is 9.03. The van der Waals surface area contributed by atoms with Gasteiger partial charge in [-0.2, -0.15) is 0 Å². The summed E-state index contributed by atoms with van der Waals surface area (Å²) < 4.78 is 12.8. The van der Waals surface area contributed by atoms with Gasteiger partial charge < -0.3 is 24.8 Å². The predicted octanol–water partition coefficient (Wildman–Crippen LogP) is 2.82. The number of halogens is 1. The van der Waals surface area contributed by atoms with Crippen molar-refractivity contribution in [2.24, 2.45) is 0 Å². The number of benzene rings is 2. The molecule has 0 unspecified atom stereocenters. The summed E-state index contributed by atoms with van der Waals surface area (Å²) in [5, 5.41) is 37.1. The molecular weight excluding hydrogens is 458 g/mol. The van der Waals surface area contributed by atoms with Gasteiger partial charge in [-0.15, -0.1) is 16.7 Å². The van der Waals surface area contributed by atoms with E-state index in [1.165, 1.54) is 4.68 Å². The largest absolute Gasteiger partial charge is 0.491 e. The van der Waals surface area contributed by atoms with Gasteiger partial charge in [0.1, 0.15) is 36.9 Å². The van der Waals surface area contributed by atoms with Gasteiger partial charge in [-0.1, -0.05) is 43.3 Å². The highest BCUT2D eigenvalue weighted by atomic mass is 35.5. The number of hydrogen-bond donors (Lipinski definition) is 3. The zero-order valence-electron chi connectivity index (χ0n) is 19.7. The number of aliphatic hydroxyl groups is 3. The van der Waals surface area contributed by atoms with Crippen molar-refractivity contribution in [1.29, 1.82) is 0 Å². The molecule has 184 valence electrons. The van der Waals surface area contributed by atoms with E-state index in [2.05, 4.69) is 24.2 Å². The number of hydrogen-bond acceptors (Lipinski definition) is 7. The van der Waals surface area contributed by atoms with Crippen LogP contribution in [0.4, 0.5) is 0 Å².